The number of unbranched alkanes of at least 4 members (excludes halogenated alkanes) is 2. The first kappa shape index (κ1) is 29.0. The van der Waals surface area contributed by atoms with Crippen molar-refractivity contribution in [2.75, 3.05) is 0 Å². The SMILES string of the molecule is CCCCC(C)(C)OC(=O)c1ccc(C(=O)C(=O)c2ccc(C(=O)OC(C)(C)CCCC)cc2)cc1. The number of benzene rings is 2. The molecule has 0 bridgehead atoms. The molecule has 2 aromatic carbocycles. The highest BCUT2D eigenvalue weighted by atomic mass is 16.6. The fourth-order valence-corrected chi connectivity index (χ4v) is 3.70. The molecule has 6 nitrogen and oxygen atoms in total. The van der Waals surface area contributed by atoms with Crippen LogP contribution >= 0.6 is 0 Å². The number of hydrogen-bond donors (Lipinski definition) is 0. The Morgan fingerprint density at radius 3 is 1.11 bits per heavy atom. The molecule has 0 fully saturated rings. The molecule has 0 saturated carbocycles. The topological polar surface area (TPSA) is 86.7 Å². The second kappa shape index (κ2) is 12.6. The quantitative estimate of drug-likeness (QED) is 0.169. The van der Waals surface area contributed by atoms with Gasteiger partial charge in [0.2, 0.25) is 11.6 Å². The Hall–Kier alpha value is -3.28. The van der Waals surface area contributed by atoms with Crippen LogP contribution < -0.4 is 0 Å². The fourth-order valence-electron chi connectivity index (χ4n) is 3.70. The molecule has 0 amide bonds. The molecule has 0 radical (unpaired) electrons. The summed E-state index contributed by atoms with van der Waals surface area (Å²) < 4.78 is 11.2. The average molecular weight is 495 g/mol. The first-order valence-electron chi connectivity index (χ1n) is 12.6. The molecular weight excluding hydrogens is 456 g/mol. The summed E-state index contributed by atoms with van der Waals surface area (Å²) in [5.74, 6) is -2.34. The van der Waals surface area contributed by atoms with Gasteiger partial charge in [-0.3, -0.25) is 9.59 Å². The third-order valence-electron chi connectivity index (χ3n) is 5.97. The molecule has 36 heavy (non-hydrogen) atoms. The van der Waals surface area contributed by atoms with Crippen LogP contribution in [0.15, 0.2) is 48.5 Å². The number of carbonyl (C=O) groups is 4. The summed E-state index contributed by atoms with van der Waals surface area (Å²) >= 11 is 0. The molecule has 0 atom stereocenters. The summed E-state index contributed by atoms with van der Waals surface area (Å²) in [6, 6.07) is 11.7. The van der Waals surface area contributed by atoms with Crippen LogP contribution in [0.5, 0.6) is 0 Å². The molecule has 0 heterocycles. The third-order valence-corrected chi connectivity index (χ3v) is 5.97. The molecule has 0 aliphatic carbocycles. The first-order valence-corrected chi connectivity index (χ1v) is 12.6. The van der Waals surface area contributed by atoms with E-state index in [1.807, 2.05) is 27.7 Å². The molecule has 0 aliphatic heterocycles. The number of ketones is 2. The van der Waals surface area contributed by atoms with Gasteiger partial charge in [0, 0.05) is 11.1 Å². The van der Waals surface area contributed by atoms with Crippen molar-refractivity contribution in [2.45, 2.75) is 91.3 Å². The zero-order chi connectivity index (χ0) is 26.9. The molecule has 0 unspecified atom stereocenters. The van der Waals surface area contributed by atoms with Gasteiger partial charge in [0.15, 0.2) is 0 Å². The van der Waals surface area contributed by atoms with Gasteiger partial charge in [0.25, 0.3) is 0 Å². The first-order chi connectivity index (χ1) is 16.9. The summed E-state index contributed by atoms with van der Waals surface area (Å²) in [5.41, 5.74) is -0.199. The van der Waals surface area contributed by atoms with Crippen molar-refractivity contribution in [3.8, 4) is 0 Å². The number of esters is 2. The van der Waals surface area contributed by atoms with Crippen LogP contribution in [-0.2, 0) is 9.47 Å². The van der Waals surface area contributed by atoms with E-state index in [1.54, 1.807) is 0 Å². The van der Waals surface area contributed by atoms with E-state index in [0.717, 1.165) is 38.5 Å². The van der Waals surface area contributed by atoms with E-state index in [9.17, 15) is 19.2 Å². The number of hydrogen-bond acceptors (Lipinski definition) is 6. The Kier molecular flexibility index (Phi) is 10.1. The van der Waals surface area contributed by atoms with Crippen LogP contribution in [0.1, 0.15) is 121 Å². The van der Waals surface area contributed by atoms with Crippen LogP contribution in [0, 0.1) is 0 Å². The molecule has 0 aliphatic rings. The zero-order valence-corrected chi connectivity index (χ0v) is 22.3. The largest absolute Gasteiger partial charge is 0.456 e. The van der Waals surface area contributed by atoms with Gasteiger partial charge in [0.05, 0.1) is 11.1 Å². The predicted molar refractivity (Wildman–Crippen MR) is 140 cm³/mol. The molecule has 6 heteroatoms. The van der Waals surface area contributed by atoms with Gasteiger partial charge in [-0.15, -0.1) is 0 Å². The second-order valence-electron chi connectivity index (χ2n) is 10.3. The molecule has 0 aromatic heterocycles. The third kappa shape index (κ3) is 8.43. The highest BCUT2D eigenvalue weighted by molar-refractivity contribution is 6.49. The zero-order valence-electron chi connectivity index (χ0n) is 22.3. The lowest BCUT2D eigenvalue weighted by atomic mass is 9.99. The van der Waals surface area contributed by atoms with E-state index >= 15 is 0 Å². The monoisotopic (exact) mass is 494 g/mol. The summed E-state index contributed by atoms with van der Waals surface area (Å²) in [6.45, 7) is 11.6. The lowest BCUT2D eigenvalue weighted by Crippen LogP contribution is -2.28. The summed E-state index contributed by atoms with van der Waals surface area (Å²) in [4.78, 5) is 50.4. The molecule has 194 valence electrons. The smallest absolute Gasteiger partial charge is 0.338 e. The maximum absolute atomic E-state index is 12.7. The Bertz CT molecular complexity index is 974. The van der Waals surface area contributed by atoms with Crippen molar-refractivity contribution in [3.63, 3.8) is 0 Å². The highest BCUT2D eigenvalue weighted by Crippen LogP contribution is 2.22. The lowest BCUT2D eigenvalue weighted by Gasteiger charge is -2.25. The van der Waals surface area contributed by atoms with Gasteiger partial charge < -0.3 is 9.47 Å². The molecule has 2 rings (SSSR count). The van der Waals surface area contributed by atoms with Crippen molar-refractivity contribution in [2.24, 2.45) is 0 Å². The van der Waals surface area contributed by atoms with Gasteiger partial charge in [-0.25, -0.2) is 9.59 Å². The summed E-state index contributed by atoms with van der Waals surface area (Å²) in [7, 11) is 0. The fraction of sp³-hybridized carbons (Fsp3) is 0.467. The van der Waals surface area contributed by atoms with Gasteiger partial charge in [-0.1, -0.05) is 51.0 Å². The lowest BCUT2D eigenvalue weighted by molar-refractivity contribution is -0.00646. The van der Waals surface area contributed by atoms with Gasteiger partial charge in [-0.2, -0.15) is 0 Å². The van der Waals surface area contributed by atoms with E-state index in [4.69, 9.17) is 9.47 Å². The Labute approximate surface area is 214 Å². The maximum Gasteiger partial charge on any atom is 0.338 e. The van der Waals surface area contributed by atoms with Crippen LogP contribution in [0.2, 0.25) is 0 Å². The number of carbonyl (C=O) groups excluding carboxylic acids is 4. The number of ether oxygens (including phenoxy) is 2. The van der Waals surface area contributed by atoms with Gasteiger partial charge >= 0.3 is 11.9 Å². The van der Waals surface area contributed by atoms with Crippen molar-refractivity contribution in [1.82, 2.24) is 0 Å². The summed E-state index contributed by atoms with van der Waals surface area (Å²) in [6.07, 6.45) is 5.44. The Morgan fingerprint density at radius 2 is 0.833 bits per heavy atom. The summed E-state index contributed by atoms with van der Waals surface area (Å²) in [5, 5.41) is 0. The molecular formula is C30H38O6. The Balaban J connectivity index is 2.04. The van der Waals surface area contributed by atoms with E-state index < -0.39 is 34.7 Å². The standard InChI is InChI=1S/C30H38O6/c1-7-9-19-29(3,4)35-27(33)23-15-11-21(12-16-23)25(31)26(32)22-13-17-24(18-14-22)28(34)36-30(5,6)20-10-8-2/h11-18H,7-10,19-20H2,1-6H3. The van der Waals surface area contributed by atoms with Gasteiger partial charge in [0.1, 0.15) is 11.2 Å². The van der Waals surface area contributed by atoms with E-state index in [0.29, 0.717) is 11.1 Å². The minimum atomic E-state index is -0.700. The van der Waals surface area contributed by atoms with Crippen molar-refractivity contribution in [3.05, 3.63) is 70.8 Å². The minimum absolute atomic E-state index is 0.169. The van der Waals surface area contributed by atoms with Crippen LogP contribution in [0.4, 0.5) is 0 Å². The predicted octanol–water partition coefficient (Wildman–Crippen LogP) is 7.00. The number of rotatable bonds is 13. The number of Topliss-reactive ketones (excluding diaryl/α,β-unsaturated/α-hetero) is 2. The van der Waals surface area contributed by atoms with E-state index in [-0.39, 0.29) is 11.1 Å². The molecule has 0 saturated heterocycles. The molecule has 2 aromatic rings. The van der Waals surface area contributed by atoms with Crippen LogP contribution in [0.25, 0.3) is 0 Å². The van der Waals surface area contributed by atoms with E-state index in [2.05, 4.69) is 13.8 Å². The van der Waals surface area contributed by atoms with Crippen molar-refractivity contribution >= 4 is 23.5 Å². The van der Waals surface area contributed by atoms with Crippen molar-refractivity contribution in [1.29, 1.82) is 0 Å². The molecule has 0 N–H and O–H groups in total. The second-order valence-corrected chi connectivity index (χ2v) is 10.3. The van der Waals surface area contributed by atoms with Crippen molar-refractivity contribution < 1.29 is 28.7 Å². The maximum atomic E-state index is 12.7. The minimum Gasteiger partial charge on any atom is -0.456 e. The van der Waals surface area contributed by atoms with Gasteiger partial charge in [-0.05, 0) is 77.6 Å². The normalized spacial score (nSPS) is 11.6. The Morgan fingerprint density at radius 1 is 0.556 bits per heavy atom. The van der Waals surface area contributed by atoms with Crippen LogP contribution in [0.3, 0.4) is 0 Å². The average Bonchev–Trinajstić information content (AvgIpc) is 2.85. The van der Waals surface area contributed by atoms with E-state index in [1.165, 1.54) is 48.5 Å². The van der Waals surface area contributed by atoms with Crippen LogP contribution in [-0.4, -0.2) is 34.7 Å². The molecule has 0 spiro atoms. The highest BCUT2D eigenvalue weighted by Gasteiger charge is 2.25.